The second-order valence-electron chi connectivity index (χ2n) is 11.1. The minimum atomic E-state index is -0.430. The highest BCUT2D eigenvalue weighted by molar-refractivity contribution is 6.18. The maximum Gasteiger partial charge on any atom is 0.272 e. The van der Waals surface area contributed by atoms with Gasteiger partial charge in [0.05, 0.1) is 22.9 Å². The molecular formula is C33H42Cl2N10O4. The van der Waals surface area contributed by atoms with Crippen LogP contribution in [0.4, 0.5) is 22.7 Å². The lowest BCUT2D eigenvalue weighted by Crippen LogP contribution is -2.29. The van der Waals surface area contributed by atoms with E-state index in [1.54, 1.807) is 90.8 Å². The van der Waals surface area contributed by atoms with Gasteiger partial charge in [-0.1, -0.05) is 0 Å². The van der Waals surface area contributed by atoms with E-state index in [0.29, 0.717) is 65.2 Å². The Labute approximate surface area is 296 Å². The van der Waals surface area contributed by atoms with Gasteiger partial charge < -0.3 is 45.6 Å². The third kappa shape index (κ3) is 9.67. The molecule has 4 aromatic rings. The fourth-order valence-electron chi connectivity index (χ4n) is 5.07. The standard InChI is InChI=1S/C33H41ClN10O4.ClH/c1-6-44(14-12-34)25-9-7-21(8-10-25)30(45)38-22-16-27(42(4)18-22)32(47)40-24-17-28(43(5)20-24)33(48)39-23-15-26(41(3)19-23)31(46)37-13-11-29(35)36-2;/h7-10,15-20H,6,11-14H2,1-5H3,(H2,35,36)(H,37,46)(H,38,45)(H,39,48)(H,40,47);1H. The normalized spacial score (nSPS) is 11.0. The molecule has 0 spiro atoms. The van der Waals surface area contributed by atoms with Crippen molar-refractivity contribution in [3.63, 3.8) is 0 Å². The highest BCUT2D eigenvalue weighted by atomic mass is 35.5. The molecule has 49 heavy (non-hydrogen) atoms. The van der Waals surface area contributed by atoms with Crippen LogP contribution in [0.3, 0.4) is 0 Å². The fourth-order valence-corrected chi connectivity index (χ4v) is 5.28. The maximum absolute atomic E-state index is 13.2. The SMILES string of the molecule is CCN(CCCl)c1ccc(C(=O)Nc2cc(C(=O)Nc3cc(C(=O)Nc4cc(C(=O)NCCC(N)=NC)n(C)c4)n(C)c3)n(C)c2)cc1.Cl. The van der Waals surface area contributed by atoms with E-state index in [9.17, 15) is 19.2 Å². The molecule has 14 nitrogen and oxygen atoms in total. The highest BCUT2D eigenvalue weighted by Gasteiger charge is 2.19. The number of amides is 4. The maximum atomic E-state index is 13.2. The van der Waals surface area contributed by atoms with Gasteiger partial charge in [-0.15, -0.1) is 24.0 Å². The summed E-state index contributed by atoms with van der Waals surface area (Å²) < 4.78 is 4.79. The van der Waals surface area contributed by atoms with E-state index in [0.717, 1.165) is 12.2 Å². The Hall–Kier alpha value is -5.21. The number of nitrogens with two attached hydrogens (primary N) is 1. The first-order chi connectivity index (χ1) is 22.9. The molecule has 3 aromatic heterocycles. The third-order valence-corrected chi connectivity index (χ3v) is 7.84. The number of anilines is 4. The van der Waals surface area contributed by atoms with Crippen LogP contribution in [0.25, 0.3) is 0 Å². The molecule has 0 unspecified atom stereocenters. The van der Waals surface area contributed by atoms with Crippen molar-refractivity contribution < 1.29 is 19.2 Å². The number of alkyl halides is 1. The Balaban J connectivity index is 0.00000650. The summed E-state index contributed by atoms with van der Waals surface area (Å²) in [6, 6.07) is 11.9. The number of benzene rings is 1. The average molecular weight is 714 g/mol. The Morgan fingerprint density at radius 2 is 1.22 bits per heavy atom. The van der Waals surface area contributed by atoms with Gasteiger partial charge in [0.15, 0.2) is 0 Å². The molecule has 4 amide bonds. The van der Waals surface area contributed by atoms with Crippen LogP contribution in [0.15, 0.2) is 66.0 Å². The monoisotopic (exact) mass is 712 g/mol. The van der Waals surface area contributed by atoms with Crippen molar-refractivity contribution in [2.24, 2.45) is 31.9 Å². The van der Waals surface area contributed by atoms with Crippen molar-refractivity contribution in [2.45, 2.75) is 13.3 Å². The molecule has 1 aromatic carbocycles. The van der Waals surface area contributed by atoms with E-state index in [1.807, 2.05) is 19.1 Å². The van der Waals surface area contributed by atoms with Gasteiger partial charge in [-0.3, -0.25) is 24.2 Å². The summed E-state index contributed by atoms with van der Waals surface area (Å²) in [7, 11) is 6.66. The van der Waals surface area contributed by atoms with Crippen LogP contribution in [-0.2, 0) is 21.1 Å². The molecule has 4 rings (SSSR count). The zero-order valence-corrected chi connectivity index (χ0v) is 29.6. The Kier molecular flexibility index (Phi) is 13.5. The molecule has 0 fully saturated rings. The lowest BCUT2D eigenvalue weighted by Gasteiger charge is -2.22. The van der Waals surface area contributed by atoms with E-state index in [4.69, 9.17) is 17.3 Å². The predicted octanol–water partition coefficient (Wildman–Crippen LogP) is 4.05. The quantitative estimate of drug-likeness (QED) is 0.0750. The van der Waals surface area contributed by atoms with Gasteiger partial charge in [-0.05, 0) is 49.4 Å². The van der Waals surface area contributed by atoms with E-state index in [1.165, 1.54) is 0 Å². The molecule has 0 aliphatic rings. The van der Waals surface area contributed by atoms with Crippen LogP contribution in [0, 0.1) is 0 Å². The van der Waals surface area contributed by atoms with Crippen molar-refractivity contribution >= 4 is 76.2 Å². The number of nitrogens with zero attached hydrogens (tertiary/aromatic N) is 5. The van der Waals surface area contributed by atoms with Gasteiger partial charge >= 0.3 is 0 Å². The molecule has 0 saturated carbocycles. The second kappa shape index (κ2) is 17.3. The van der Waals surface area contributed by atoms with Crippen LogP contribution in [0.1, 0.15) is 55.2 Å². The fraction of sp³-hybridized carbons (Fsp3) is 0.303. The van der Waals surface area contributed by atoms with E-state index in [2.05, 4.69) is 31.2 Å². The number of hydrogen-bond donors (Lipinski definition) is 5. The number of halogens is 2. The van der Waals surface area contributed by atoms with Gasteiger partial charge in [0, 0.05) is 90.0 Å². The summed E-state index contributed by atoms with van der Waals surface area (Å²) in [4.78, 5) is 57.8. The Bertz CT molecular complexity index is 1820. The number of aliphatic imine (C=N–C) groups is 1. The summed E-state index contributed by atoms with van der Waals surface area (Å²) in [6.07, 6.45) is 5.32. The highest BCUT2D eigenvalue weighted by Crippen LogP contribution is 2.21. The summed E-state index contributed by atoms with van der Waals surface area (Å²) in [6.45, 7) is 3.88. The minimum Gasteiger partial charge on any atom is -0.387 e. The first-order valence-electron chi connectivity index (χ1n) is 15.3. The number of rotatable bonds is 14. The molecule has 6 N–H and O–H groups in total. The molecule has 16 heteroatoms. The van der Waals surface area contributed by atoms with Gasteiger partial charge in [0.1, 0.15) is 17.1 Å². The number of carbonyl (C=O) groups excluding carboxylic acids is 4. The molecule has 0 atom stereocenters. The van der Waals surface area contributed by atoms with E-state index >= 15 is 0 Å². The second-order valence-corrected chi connectivity index (χ2v) is 11.5. The van der Waals surface area contributed by atoms with Crippen molar-refractivity contribution in [3.8, 4) is 0 Å². The van der Waals surface area contributed by atoms with Gasteiger partial charge in [0.25, 0.3) is 23.6 Å². The number of carbonyl (C=O) groups is 4. The van der Waals surface area contributed by atoms with Crippen LogP contribution < -0.4 is 31.9 Å². The topological polar surface area (TPSA) is 173 Å². The molecule has 0 aliphatic carbocycles. The van der Waals surface area contributed by atoms with Gasteiger partial charge in [-0.2, -0.15) is 0 Å². The molecule has 262 valence electrons. The third-order valence-electron chi connectivity index (χ3n) is 7.67. The molecular weight excluding hydrogens is 671 g/mol. The summed E-state index contributed by atoms with van der Waals surface area (Å²) in [5.74, 6) is -0.538. The first-order valence-corrected chi connectivity index (χ1v) is 15.8. The molecule has 0 bridgehead atoms. The van der Waals surface area contributed by atoms with Crippen LogP contribution >= 0.6 is 24.0 Å². The lowest BCUT2D eigenvalue weighted by molar-refractivity contribution is 0.0944. The summed E-state index contributed by atoms with van der Waals surface area (Å²) >= 11 is 5.89. The number of aromatic nitrogens is 3. The number of aryl methyl sites for hydroxylation is 3. The van der Waals surface area contributed by atoms with E-state index < -0.39 is 11.8 Å². The Morgan fingerprint density at radius 3 is 1.65 bits per heavy atom. The van der Waals surface area contributed by atoms with Gasteiger partial charge in [0.2, 0.25) is 0 Å². The van der Waals surface area contributed by atoms with Crippen LogP contribution in [0.2, 0.25) is 0 Å². The zero-order valence-electron chi connectivity index (χ0n) is 28.0. The minimum absolute atomic E-state index is 0. The number of amidine groups is 1. The lowest BCUT2D eigenvalue weighted by atomic mass is 10.1. The van der Waals surface area contributed by atoms with Crippen LogP contribution in [0.5, 0.6) is 0 Å². The van der Waals surface area contributed by atoms with Gasteiger partial charge in [-0.25, -0.2) is 0 Å². The van der Waals surface area contributed by atoms with Crippen molar-refractivity contribution in [2.75, 3.05) is 53.4 Å². The van der Waals surface area contributed by atoms with Crippen LogP contribution in [-0.4, -0.2) is 75.7 Å². The Morgan fingerprint density at radius 1 is 0.776 bits per heavy atom. The zero-order chi connectivity index (χ0) is 35.0. The van der Waals surface area contributed by atoms with Crippen molar-refractivity contribution in [1.29, 1.82) is 0 Å². The number of hydrogen-bond acceptors (Lipinski definition) is 6. The number of nitrogens with one attached hydrogen (secondary N) is 4. The summed E-state index contributed by atoms with van der Waals surface area (Å²) in [5, 5.41) is 11.2. The molecule has 0 radical (unpaired) electrons. The average Bonchev–Trinajstić information content (AvgIpc) is 3.74. The molecule has 0 aliphatic heterocycles. The summed E-state index contributed by atoms with van der Waals surface area (Å²) in [5.41, 5.74) is 9.35. The first kappa shape index (κ1) is 38.2. The smallest absolute Gasteiger partial charge is 0.272 e. The molecule has 0 saturated heterocycles. The molecule has 3 heterocycles. The van der Waals surface area contributed by atoms with Crippen molar-refractivity contribution in [3.05, 3.63) is 83.7 Å². The van der Waals surface area contributed by atoms with Crippen molar-refractivity contribution in [1.82, 2.24) is 19.0 Å². The largest absolute Gasteiger partial charge is 0.387 e. The van der Waals surface area contributed by atoms with E-state index in [-0.39, 0.29) is 29.9 Å². The predicted molar refractivity (Wildman–Crippen MR) is 197 cm³/mol.